The van der Waals surface area contributed by atoms with Gasteiger partial charge < -0.3 is 15.4 Å². The van der Waals surface area contributed by atoms with Gasteiger partial charge in [-0.25, -0.2) is 0 Å². The highest BCUT2D eigenvalue weighted by Crippen LogP contribution is 2.17. The van der Waals surface area contributed by atoms with E-state index in [9.17, 15) is 4.79 Å². The van der Waals surface area contributed by atoms with Crippen molar-refractivity contribution < 1.29 is 9.53 Å². The van der Waals surface area contributed by atoms with E-state index >= 15 is 0 Å². The van der Waals surface area contributed by atoms with E-state index in [1.54, 1.807) is 0 Å². The van der Waals surface area contributed by atoms with Gasteiger partial charge in [0.15, 0.2) is 0 Å². The van der Waals surface area contributed by atoms with Crippen LogP contribution in [0.5, 0.6) is 0 Å². The van der Waals surface area contributed by atoms with Gasteiger partial charge in [-0.1, -0.05) is 30.3 Å². The number of benzene rings is 1. The van der Waals surface area contributed by atoms with Gasteiger partial charge in [0, 0.05) is 26.2 Å². The Morgan fingerprint density at radius 3 is 2.75 bits per heavy atom. The van der Waals surface area contributed by atoms with E-state index in [0.717, 1.165) is 31.4 Å². The van der Waals surface area contributed by atoms with E-state index < -0.39 is 0 Å². The van der Waals surface area contributed by atoms with Crippen LogP contribution >= 0.6 is 0 Å². The first-order valence-electron chi connectivity index (χ1n) is 7.43. The molecule has 0 spiro atoms. The van der Waals surface area contributed by atoms with Crippen molar-refractivity contribution in [3.63, 3.8) is 0 Å². The number of nitrogens with two attached hydrogens (primary N) is 1. The Balaban J connectivity index is 1.91. The minimum absolute atomic E-state index is 0.0901. The van der Waals surface area contributed by atoms with Gasteiger partial charge in [-0.3, -0.25) is 4.79 Å². The van der Waals surface area contributed by atoms with E-state index in [-0.39, 0.29) is 12.0 Å². The number of hydrogen-bond acceptors (Lipinski definition) is 3. The van der Waals surface area contributed by atoms with Gasteiger partial charge in [0.2, 0.25) is 5.91 Å². The van der Waals surface area contributed by atoms with Gasteiger partial charge in [0.05, 0.1) is 12.5 Å². The molecule has 0 saturated carbocycles. The molecule has 1 unspecified atom stereocenters. The topological polar surface area (TPSA) is 55.6 Å². The van der Waals surface area contributed by atoms with Crippen molar-refractivity contribution >= 4 is 5.91 Å². The third kappa shape index (κ3) is 4.62. The molecule has 110 valence electrons. The van der Waals surface area contributed by atoms with Crippen molar-refractivity contribution in [2.24, 2.45) is 5.73 Å². The van der Waals surface area contributed by atoms with Crippen molar-refractivity contribution in [1.29, 1.82) is 0 Å². The maximum absolute atomic E-state index is 12.4. The minimum Gasteiger partial charge on any atom is -0.378 e. The molecule has 1 aliphatic heterocycles. The van der Waals surface area contributed by atoms with E-state index in [2.05, 4.69) is 0 Å². The molecule has 1 aromatic rings. The molecule has 1 aromatic carbocycles. The van der Waals surface area contributed by atoms with Crippen LogP contribution in [0.1, 0.15) is 31.2 Å². The molecule has 0 aliphatic carbocycles. The summed E-state index contributed by atoms with van der Waals surface area (Å²) in [6, 6.07) is 10.0. The molecular formula is C16H24N2O2. The number of amides is 1. The third-order valence-corrected chi connectivity index (χ3v) is 3.64. The van der Waals surface area contributed by atoms with Crippen molar-refractivity contribution in [2.75, 3.05) is 19.7 Å². The van der Waals surface area contributed by atoms with Crippen molar-refractivity contribution in [3.8, 4) is 0 Å². The Morgan fingerprint density at radius 1 is 1.30 bits per heavy atom. The van der Waals surface area contributed by atoms with Crippen LogP contribution in [-0.2, 0) is 16.1 Å². The lowest BCUT2D eigenvalue weighted by atomic mass is 10.1. The Labute approximate surface area is 120 Å². The number of carbonyl (C=O) groups excluding carboxylic acids is 1. The zero-order valence-corrected chi connectivity index (χ0v) is 12.0. The molecule has 1 atom stereocenters. The second kappa shape index (κ2) is 8.02. The summed E-state index contributed by atoms with van der Waals surface area (Å²) in [7, 11) is 0. The fraction of sp³-hybridized carbons (Fsp3) is 0.562. The quantitative estimate of drug-likeness (QED) is 0.864. The van der Waals surface area contributed by atoms with Gasteiger partial charge in [-0.15, -0.1) is 0 Å². The number of nitrogens with zero attached hydrogens (tertiary/aromatic N) is 1. The molecule has 2 rings (SSSR count). The predicted molar refractivity (Wildman–Crippen MR) is 79.1 cm³/mol. The SMILES string of the molecule is NCCN(Cc1ccccc1)C(=O)CC1CCCCO1. The number of rotatable bonds is 6. The summed E-state index contributed by atoms with van der Waals surface area (Å²) < 4.78 is 5.65. The molecule has 1 heterocycles. The Hall–Kier alpha value is -1.39. The van der Waals surface area contributed by atoms with Gasteiger partial charge >= 0.3 is 0 Å². The van der Waals surface area contributed by atoms with Gasteiger partial charge in [-0.2, -0.15) is 0 Å². The normalized spacial score (nSPS) is 18.8. The van der Waals surface area contributed by atoms with Gasteiger partial charge in [-0.05, 0) is 24.8 Å². The lowest BCUT2D eigenvalue weighted by Crippen LogP contribution is -2.37. The first-order chi connectivity index (χ1) is 9.79. The maximum atomic E-state index is 12.4. The van der Waals surface area contributed by atoms with E-state index in [1.165, 1.54) is 0 Å². The minimum atomic E-state index is 0.0901. The summed E-state index contributed by atoms with van der Waals surface area (Å²) in [5.74, 6) is 0.145. The molecule has 4 heteroatoms. The second-order valence-electron chi connectivity index (χ2n) is 5.28. The molecule has 0 aromatic heterocycles. The monoisotopic (exact) mass is 276 g/mol. The van der Waals surface area contributed by atoms with Crippen LogP contribution in [0.25, 0.3) is 0 Å². The number of ether oxygens (including phenoxy) is 1. The van der Waals surface area contributed by atoms with Crippen LogP contribution in [-0.4, -0.2) is 36.6 Å². The molecule has 1 amide bonds. The fourth-order valence-corrected chi connectivity index (χ4v) is 2.54. The molecule has 0 bridgehead atoms. The fourth-order valence-electron chi connectivity index (χ4n) is 2.54. The average Bonchev–Trinajstić information content (AvgIpc) is 2.49. The summed E-state index contributed by atoms with van der Waals surface area (Å²) in [5.41, 5.74) is 6.77. The van der Waals surface area contributed by atoms with Crippen LogP contribution in [0.2, 0.25) is 0 Å². The Bertz CT molecular complexity index is 402. The summed E-state index contributed by atoms with van der Waals surface area (Å²) >= 11 is 0. The third-order valence-electron chi connectivity index (χ3n) is 3.64. The lowest BCUT2D eigenvalue weighted by Gasteiger charge is -2.27. The maximum Gasteiger partial charge on any atom is 0.225 e. The van der Waals surface area contributed by atoms with Crippen molar-refractivity contribution in [1.82, 2.24) is 4.90 Å². The van der Waals surface area contributed by atoms with Crippen molar-refractivity contribution in [3.05, 3.63) is 35.9 Å². The van der Waals surface area contributed by atoms with Crippen LogP contribution in [0.3, 0.4) is 0 Å². The largest absolute Gasteiger partial charge is 0.378 e. The summed E-state index contributed by atoms with van der Waals surface area (Å²) in [6.07, 6.45) is 3.84. The van der Waals surface area contributed by atoms with Gasteiger partial charge in [0.25, 0.3) is 0 Å². The highest BCUT2D eigenvalue weighted by atomic mass is 16.5. The molecule has 20 heavy (non-hydrogen) atoms. The molecular weight excluding hydrogens is 252 g/mol. The van der Waals surface area contributed by atoms with E-state index in [0.29, 0.717) is 26.1 Å². The molecule has 1 aliphatic rings. The van der Waals surface area contributed by atoms with E-state index in [1.807, 2.05) is 35.2 Å². The number of carbonyl (C=O) groups is 1. The Kier molecular flexibility index (Phi) is 6.02. The zero-order chi connectivity index (χ0) is 14.2. The number of hydrogen-bond donors (Lipinski definition) is 1. The lowest BCUT2D eigenvalue weighted by molar-refractivity contribution is -0.135. The smallest absolute Gasteiger partial charge is 0.225 e. The average molecular weight is 276 g/mol. The highest BCUT2D eigenvalue weighted by Gasteiger charge is 2.21. The molecule has 2 N–H and O–H groups in total. The second-order valence-corrected chi connectivity index (χ2v) is 5.28. The van der Waals surface area contributed by atoms with Crippen LogP contribution < -0.4 is 5.73 Å². The van der Waals surface area contributed by atoms with Crippen LogP contribution in [0.15, 0.2) is 30.3 Å². The summed E-state index contributed by atoms with van der Waals surface area (Å²) in [6.45, 7) is 2.50. The summed E-state index contributed by atoms with van der Waals surface area (Å²) in [4.78, 5) is 14.2. The molecule has 0 radical (unpaired) electrons. The predicted octanol–water partition coefficient (Wildman–Crippen LogP) is 1.93. The standard InChI is InChI=1S/C16H24N2O2/c17-9-10-18(13-14-6-2-1-3-7-14)16(19)12-15-8-4-5-11-20-15/h1-3,6-7,15H,4-5,8-13,17H2. The van der Waals surface area contributed by atoms with Crippen molar-refractivity contribution in [2.45, 2.75) is 38.3 Å². The van der Waals surface area contributed by atoms with Crippen LogP contribution in [0.4, 0.5) is 0 Å². The highest BCUT2D eigenvalue weighted by molar-refractivity contribution is 5.76. The zero-order valence-electron chi connectivity index (χ0n) is 12.0. The summed E-state index contributed by atoms with van der Waals surface area (Å²) in [5, 5.41) is 0. The first-order valence-corrected chi connectivity index (χ1v) is 7.43. The van der Waals surface area contributed by atoms with E-state index in [4.69, 9.17) is 10.5 Å². The van der Waals surface area contributed by atoms with Crippen LogP contribution in [0, 0.1) is 0 Å². The Morgan fingerprint density at radius 2 is 2.10 bits per heavy atom. The molecule has 1 saturated heterocycles. The first kappa shape index (κ1) is 15.0. The van der Waals surface area contributed by atoms with Gasteiger partial charge in [0.1, 0.15) is 0 Å². The molecule has 1 fully saturated rings. The molecule has 4 nitrogen and oxygen atoms in total.